The van der Waals surface area contributed by atoms with Gasteiger partial charge in [0.1, 0.15) is 24.5 Å². The Morgan fingerprint density at radius 2 is 1.36 bits per heavy atom. The van der Waals surface area contributed by atoms with Crippen LogP contribution >= 0.6 is 0 Å². The molecule has 2 unspecified atom stereocenters. The maximum absolute atomic E-state index is 13.2. The second-order valence-electron chi connectivity index (χ2n) is 11.7. The van der Waals surface area contributed by atoms with Gasteiger partial charge in [-0.15, -0.1) is 0 Å². The maximum Gasteiger partial charge on any atom is 0.262 e. The molecule has 1 aromatic carbocycles. The van der Waals surface area contributed by atoms with Crippen LogP contribution in [0, 0.1) is 0 Å². The summed E-state index contributed by atoms with van der Waals surface area (Å²) >= 11 is 0. The Labute approximate surface area is 254 Å². The van der Waals surface area contributed by atoms with Crippen LogP contribution in [-0.4, -0.2) is 40.9 Å². The first-order valence-electron chi connectivity index (χ1n) is 16.3. The lowest BCUT2D eigenvalue weighted by Gasteiger charge is -2.21. The lowest BCUT2D eigenvalue weighted by molar-refractivity contribution is -0.671. The zero-order valence-electron chi connectivity index (χ0n) is 26.4. The fourth-order valence-electron chi connectivity index (χ4n) is 5.12. The van der Waals surface area contributed by atoms with Crippen LogP contribution in [0.25, 0.3) is 0 Å². The molecule has 42 heavy (non-hydrogen) atoms. The highest BCUT2D eigenvalue weighted by Gasteiger charge is 2.25. The number of rotatable bonds is 23. The molecule has 0 saturated heterocycles. The molecule has 0 saturated carbocycles. The fraction of sp³-hybridized carbons (Fsp3) is 0.647. The lowest BCUT2D eigenvalue weighted by atomic mass is 10.0. The van der Waals surface area contributed by atoms with Crippen molar-refractivity contribution >= 4 is 17.7 Å². The van der Waals surface area contributed by atoms with Gasteiger partial charge in [-0.2, -0.15) is 0 Å². The molecule has 2 rings (SSSR count). The van der Waals surface area contributed by atoms with E-state index in [1.807, 2.05) is 48.1 Å². The minimum absolute atomic E-state index is 0.106. The van der Waals surface area contributed by atoms with Gasteiger partial charge in [0.2, 0.25) is 18.1 Å². The third-order valence-electron chi connectivity index (χ3n) is 7.67. The van der Waals surface area contributed by atoms with Crippen molar-refractivity contribution in [3.8, 4) is 0 Å². The molecular weight excluding hydrogens is 526 g/mol. The second kappa shape index (κ2) is 21.5. The average molecular weight is 583 g/mol. The summed E-state index contributed by atoms with van der Waals surface area (Å²) in [4.78, 5) is 38.5. The number of hydrogen-bond acceptors (Lipinski definition) is 3. The van der Waals surface area contributed by atoms with Crippen molar-refractivity contribution < 1.29 is 19.0 Å². The molecule has 0 radical (unpaired) electrons. The Hall–Kier alpha value is -3.16. The summed E-state index contributed by atoms with van der Waals surface area (Å²) in [7, 11) is 1.88. The number of hydrogen-bond donors (Lipinski definition) is 3. The average Bonchev–Trinajstić information content (AvgIpc) is 3.38. The van der Waals surface area contributed by atoms with Gasteiger partial charge in [-0.05, 0) is 18.9 Å². The number of nitrogens with one attached hydrogen (secondary N) is 3. The normalized spacial score (nSPS) is 12.5. The molecule has 8 heteroatoms. The fourth-order valence-corrected chi connectivity index (χ4v) is 5.12. The summed E-state index contributed by atoms with van der Waals surface area (Å²) in [5, 5.41) is 8.60. The minimum Gasteiger partial charge on any atom is -0.354 e. The molecule has 0 aliphatic carbocycles. The molecular formula is C34H56N5O3+. The smallest absolute Gasteiger partial charge is 0.262 e. The second-order valence-corrected chi connectivity index (χ2v) is 11.7. The highest BCUT2D eigenvalue weighted by Crippen LogP contribution is 2.13. The van der Waals surface area contributed by atoms with E-state index in [0.29, 0.717) is 13.0 Å². The highest BCUT2D eigenvalue weighted by atomic mass is 16.2. The number of aromatic nitrogens is 2. The lowest BCUT2D eigenvalue weighted by Crippen LogP contribution is -2.54. The Kier molecular flexibility index (Phi) is 18.0. The van der Waals surface area contributed by atoms with E-state index < -0.39 is 12.1 Å². The van der Waals surface area contributed by atoms with E-state index in [1.165, 1.54) is 77.0 Å². The van der Waals surface area contributed by atoms with Crippen molar-refractivity contribution in [1.82, 2.24) is 20.5 Å². The number of imidazole rings is 1. The first kappa shape index (κ1) is 35.0. The molecule has 1 aromatic heterocycles. The number of carbonyl (C=O) groups is 3. The van der Waals surface area contributed by atoms with E-state index in [4.69, 9.17) is 0 Å². The summed E-state index contributed by atoms with van der Waals surface area (Å²) in [6, 6.07) is 8.08. The van der Waals surface area contributed by atoms with Crippen molar-refractivity contribution in [3.05, 3.63) is 54.6 Å². The Morgan fingerprint density at radius 1 is 0.786 bits per heavy atom. The summed E-state index contributed by atoms with van der Waals surface area (Å²) in [6.07, 6.45) is 23.9. The van der Waals surface area contributed by atoms with Crippen LogP contribution in [0.1, 0.15) is 109 Å². The van der Waals surface area contributed by atoms with Crippen molar-refractivity contribution in [1.29, 1.82) is 0 Å². The predicted molar refractivity (Wildman–Crippen MR) is 169 cm³/mol. The molecule has 8 nitrogen and oxygen atoms in total. The van der Waals surface area contributed by atoms with Gasteiger partial charge in [-0.3, -0.25) is 14.4 Å². The summed E-state index contributed by atoms with van der Waals surface area (Å²) in [5.74, 6) is -0.843. The first-order valence-corrected chi connectivity index (χ1v) is 16.3. The van der Waals surface area contributed by atoms with Crippen LogP contribution in [0.2, 0.25) is 0 Å². The van der Waals surface area contributed by atoms with Crippen LogP contribution in [0.3, 0.4) is 0 Å². The van der Waals surface area contributed by atoms with E-state index in [2.05, 4.69) is 22.9 Å². The van der Waals surface area contributed by atoms with Crippen LogP contribution in [0.5, 0.6) is 0 Å². The zero-order valence-corrected chi connectivity index (χ0v) is 26.4. The summed E-state index contributed by atoms with van der Waals surface area (Å²) in [5.41, 5.74) is 0.931. The third-order valence-corrected chi connectivity index (χ3v) is 7.67. The highest BCUT2D eigenvalue weighted by molar-refractivity contribution is 5.92. The standard InChI is InChI=1S/C34H55N5O3/c1-4-5-6-7-8-9-10-11-12-13-14-15-16-20-23-35-33(41)29(2)36-34(42)31(26-30-21-18-17-19-22-30)37-32(40)27-39-25-24-38(3)28-39/h17-19,21-22,24-25,28-29,31H,4-16,20,23,26-27H2,1-3H3,(H2-,35,36,37,40,41,42)/p+1. The van der Waals surface area contributed by atoms with Crippen LogP contribution < -0.4 is 20.5 Å². The van der Waals surface area contributed by atoms with E-state index >= 15 is 0 Å². The van der Waals surface area contributed by atoms with Gasteiger partial charge in [0, 0.05) is 13.0 Å². The first-order chi connectivity index (χ1) is 20.4. The molecule has 0 aliphatic rings. The molecule has 0 aliphatic heterocycles. The maximum atomic E-state index is 13.2. The van der Waals surface area contributed by atoms with E-state index in [-0.39, 0.29) is 24.3 Å². The molecule has 1 heterocycles. The number of unbranched alkanes of at least 4 members (excludes halogenated alkanes) is 13. The van der Waals surface area contributed by atoms with Gasteiger partial charge in [0.15, 0.2) is 6.54 Å². The number of benzene rings is 1. The topological polar surface area (TPSA) is 96.1 Å². The molecule has 234 valence electrons. The predicted octanol–water partition coefficient (Wildman–Crippen LogP) is 5.14. The molecule has 3 amide bonds. The monoisotopic (exact) mass is 582 g/mol. The summed E-state index contributed by atoms with van der Waals surface area (Å²) in [6.45, 7) is 4.66. The molecule has 0 bridgehead atoms. The number of carbonyl (C=O) groups excluding carboxylic acids is 3. The van der Waals surface area contributed by atoms with E-state index in [0.717, 1.165) is 18.4 Å². The quantitative estimate of drug-likeness (QED) is 0.125. The van der Waals surface area contributed by atoms with E-state index in [9.17, 15) is 14.4 Å². The van der Waals surface area contributed by atoms with Gasteiger partial charge in [0.05, 0.1) is 7.05 Å². The van der Waals surface area contributed by atoms with Crippen LogP contribution in [0.4, 0.5) is 0 Å². The van der Waals surface area contributed by atoms with Crippen molar-refractivity contribution in [2.45, 2.75) is 129 Å². The molecule has 0 fully saturated rings. The van der Waals surface area contributed by atoms with Crippen molar-refractivity contribution in [2.75, 3.05) is 6.54 Å². The number of amides is 3. The Bertz CT molecular complexity index is 1020. The van der Waals surface area contributed by atoms with Crippen molar-refractivity contribution in [3.63, 3.8) is 0 Å². The Balaban J connectivity index is 1.63. The number of aryl methyl sites for hydroxylation is 1. The van der Waals surface area contributed by atoms with Gasteiger partial charge >= 0.3 is 0 Å². The zero-order chi connectivity index (χ0) is 30.4. The van der Waals surface area contributed by atoms with Crippen LogP contribution in [0.15, 0.2) is 49.1 Å². The minimum atomic E-state index is -0.787. The Morgan fingerprint density at radius 3 is 1.90 bits per heavy atom. The summed E-state index contributed by atoms with van der Waals surface area (Å²) < 4.78 is 3.60. The van der Waals surface area contributed by atoms with Crippen molar-refractivity contribution in [2.24, 2.45) is 7.05 Å². The largest absolute Gasteiger partial charge is 0.354 e. The van der Waals surface area contributed by atoms with Crippen LogP contribution in [-0.2, 0) is 34.4 Å². The van der Waals surface area contributed by atoms with Gasteiger partial charge in [0.25, 0.3) is 5.91 Å². The van der Waals surface area contributed by atoms with Gasteiger partial charge in [-0.25, -0.2) is 9.13 Å². The third kappa shape index (κ3) is 15.7. The molecule has 3 N–H and O–H groups in total. The molecule has 2 aromatic rings. The SMILES string of the molecule is CCCCCCCCCCCCCCCCNC(=O)C(C)NC(=O)C(Cc1ccccc1)NC(=O)Cn1cc[n+](C)c1. The molecule has 0 spiro atoms. The number of nitrogens with zero attached hydrogens (tertiary/aromatic N) is 2. The van der Waals surface area contributed by atoms with Gasteiger partial charge < -0.3 is 16.0 Å². The van der Waals surface area contributed by atoms with Gasteiger partial charge in [-0.1, -0.05) is 121 Å². The molecule has 2 atom stereocenters. The van der Waals surface area contributed by atoms with E-state index in [1.54, 1.807) is 24.0 Å².